The molecule has 0 aromatic heterocycles. The molecule has 3 atom stereocenters. The summed E-state index contributed by atoms with van der Waals surface area (Å²) in [6.45, 7) is 2.83. The lowest BCUT2D eigenvalue weighted by atomic mass is 10.1. The van der Waals surface area contributed by atoms with Gasteiger partial charge in [-0.15, -0.1) is 0 Å². The number of aliphatic carboxylic acids is 1. The fourth-order valence-electron chi connectivity index (χ4n) is 2.17. The molecule has 1 rings (SSSR count). The van der Waals surface area contributed by atoms with Gasteiger partial charge >= 0.3 is 5.97 Å². The molecule has 0 aromatic rings. The van der Waals surface area contributed by atoms with Crippen molar-refractivity contribution in [2.45, 2.75) is 38.6 Å². The average molecular weight is 228 g/mol. The molecule has 0 aromatic carbocycles. The lowest BCUT2D eigenvalue weighted by Gasteiger charge is -2.13. The second-order valence-electron chi connectivity index (χ2n) is 4.73. The van der Waals surface area contributed by atoms with Crippen molar-refractivity contribution >= 4 is 11.9 Å². The summed E-state index contributed by atoms with van der Waals surface area (Å²) >= 11 is 0. The Morgan fingerprint density at radius 1 is 1.50 bits per heavy atom. The Labute approximate surface area is 95.4 Å². The molecule has 4 N–H and O–H groups in total. The molecule has 1 aliphatic carbocycles. The molecule has 92 valence electrons. The van der Waals surface area contributed by atoms with Crippen LogP contribution in [0.15, 0.2) is 0 Å². The van der Waals surface area contributed by atoms with Crippen molar-refractivity contribution in [3.8, 4) is 0 Å². The van der Waals surface area contributed by atoms with Gasteiger partial charge in [-0.1, -0.05) is 13.3 Å². The zero-order chi connectivity index (χ0) is 12.1. The summed E-state index contributed by atoms with van der Waals surface area (Å²) in [6.07, 6.45) is 3.17. The molecule has 0 bridgehead atoms. The third kappa shape index (κ3) is 4.18. The summed E-state index contributed by atoms with van der Waals surface area (Å²) in [5.74, 6) is -0.148. The van der Waals surface area contributed by atoms with Gasteiger partial charge in [0.2, 0.25) is 5.91 Å². The van der Waals surface area contributed by atoms with Crippen molar-refractivity contribution in [2.75, 3.05) is 6.54 Å². The monoisotopic (exact) mass is 228 g/mol. The smallest absolute Gasteiger partial charge is 0.305 e. The number of carboxylic acids is 1. The Morgan fingerprint density at radius 2 is 2.19 bits per heavy atom. The highest BCUT2D eigenvalue weighted by molar-refractivity contribution is 5.85. The number of hydrogen-bond donors (Lipinski definition) is 3. The fourth-order valence-corrected chi connectivity index (χ4v) is 2.17. The molecule has 1 aliphatic rings. The van der Waals surface area contributed by atoms with E-state index in [4.69, 9.17) is 10.8 Å². The number of nitrogens with two attached hydrogens (primary N) is 1. The summed E-state index contributed by atoms with van der Waals surface area (Å²) in [5, 5.41) is 11.2. The number of carbonyl (C=O) groups is 2. The molecule has 0 aliphatic heterocycles. The van der Waals surface area contributed by atoms with Crippen molar-refractivity contribution in [1.82, 2.24) is 5.32 Å². The number of hydrogen-bond acceptors (Lipinski definition) is 3. The number of amides is 1. The zero-order valence-corrected chi connectivity index (χ0v) is 9.61. The molecule has 1 amide bonds. The van der Waals surface area contributed by atoms with Gasteiger partial charge in [-0.3, -0.25) is 9.59 Å². The lowest BCUT2D eigenvalue weighted by molar-refractivity contribution is -0.139. The van der Waals surface area contributed by atoms with E-state index in [2.05, 4.69) is 12.2 Å². The fraction of sp³-hybridized carbons (Fsp3) is 0.818. The molecule has 0 heterocycles. The summed E-state index contributed by atoms with van der Waals surface area (Å²) in [7, 11) is 0. The normalized spacial score (nSPS) is 26.4. The Kier molecular flexibility index (Phi) is 4.73. The van der Waals surface area contributed by atoms with Crippen LogP contribution in [0.1, 0.15) is 32.6 Å². The van der Waals surface area contributed by atoms with Crippen LogP contribution in [0.3, 0.4) is 0 Å². The van der Waals surface area contributed by atoms with Crippen molar-refractivity contribution in [1.29, 1.82) is 0 Å². The zero-order valence-electron chi connectivity index (χ0n) is 9.61. The average Bonchev–Trinajstić information content (AvgIpc) is 2.59. The Bertz CT molecular complexity index is 268. The first-order valence-electron chi connectivity index (χ1n) is 5.74. The molecule has 5 heteroatoms. The van der Waals surface area contributed by atoms with Crippen LogP contribution in [0, 0.1) is 11.8 Å². The Hall–Kier alpha value is -1.10. The Balaban J connectivity index is 2.21. The molecule has 1 fully saturated rings. The molecule has 0 saturated heterocycles. The molecule has 0 radical (unpaired) electrons. The minimum absolute atomic E-state index is 0.313. The highest BCUT2D eigenvalue weighted by Gasteiger charge is 2.23. The maximum atomic E-state index is 11.4. The van der Waals surface area contributed by atoms with Gasteiger partial charge in [-0.05, 0) is 24.7 Å². The third-order valence-corrected chi connectivity index (χ3v) is 3.10. The van der Waals surface area contributed by atoms with Crippen LogP contribution in [0.25, 0.3) is 0 Å². The summed E-state index contributed by atoms with van der Waals surface area (Å²) in [6, 6.07) is -0.934. The van der Waals surface area contributed by atoms with E-state index in [9.17, 15) is 9.59 Å². The highest BCUT2D eigenvalue weighted by atomic mass is 16.4. The van der Waals surface area contributed by atoms with Gasteiger partial charge in [-0.2, -0.15) is 0 Å². The largest absolute Gasteiger partial charge is 0.481 e. The maximum absolute atomic E-state index is 11.4. The third-order valence-electron chi connectivity index (χ3n) is 3.10. The van der Waals surface area contributed by atoms with Crippen molar-refractivity contribution in [3.63, 3.8) is 0 Å². The van der Waals surface area contributed by atoms with Crippen LogP contribution in [0.2, 0.25) is 0 Å². The van der Waals surface area contributed by atoms with Gasteiger partial charge in [0.05, 0.1) is 12.5 Å². The maximum Gasteiger partial charge on any atom is 0.305 e. The van der Waals surface area contributed by atoms with E-state index < -0.39 is 12.0 Å². The number of nitrogens with one attached hydrogen (secondary N) is 1. The van der Waals surface area contributed by atoms with Crippen molar-refractivity contribution in [2.24, 2.45) is 17.6 Å². The van der Waals surface area contributed by atoms with Crippen molar-refractivity contribution < 1.29 is 14.7 Å². The standard InChI is InChI=1S/C11H20N2O3/c1-7-2-3-8(4-7)6-13-11(16)9(12)5-10(14)15/h7-9H,2-6,12H2,1H3,(H,13,16)(H,14,15). The predicted molar refractivity (Wildman–Crippen MR) is 59.7 cm³/mol. The molecule has 0 spiro atoms. The van der Waals surface area contributed by atoms with Crippen LogP contribution >= 0.6 is 0 Å². The molecular formula is C11H20N2O3. The predicted octanol–water partition coefficient (Wildman–Crippen LogP) is 0.341. The van der Waals surface area contributed by atoms with Crippen LogP contribution in [0.4, 0.5) is 0 Å². The van der Waals surface area contributed by atoms with Gasteiger partial charge in [0.25, 0.3) is 0 Å². The minimum Gasteiger partial charge on any atom is -0.481 e. The second-order valence-corrected chi connectivity index (χ2v) is 4.73. The summed E-state index contributed by atoms with van der Waals surface area (Å²) in [5.41, 5.74) is 5.44. The quantitative estimate of drug-likeness (QED) is 0.632. The van der Waals surface area contributed by atoms with E-state index in [0.717, 1.165) is 18.8 Å². The van der Waals surface area contributed by atoms with Gasteiger partial charge in [-0.25, -0.2) is 0 Å². The first-order chi connectivity index (χ1) is 7.49. The molecule has 16 heavy (non-hydrogen) atoms. The van der Waals surface area contributed by atoms with Gasteiger partial charge < -0.3 is 16.2 Å². The van der Waals surface area contributed by atoms with Crippen LogP contribution in [-0.4, -0.2) is 29.6 Å². The van der Waals surface area contributed by atoms with Crippen LogP contribution in [-0.2, 0) is 9.59 Å². The number of carboxylic acid groups (broad SMARTS) is 1. The SMILES string of the molecule is CC1CCC(CNC(=O)C(N)CC(=O)O)C1. The van der Waals surface area contributed by atoms with E-state index in [1.54, 1.807) is 0 Å². The first-order valence-corrected chi connectivity index (χ1v) is 5.74. The van der Waals surface area contributed by atoms with Crippen molar-refractivity contribution in [3.05, 3.63) is 0 Å². The minimum atomic E-state index is -1.04. The molecular weight excluding hydrogens is 208 g/mol. The van der Waals surface area contributed by atoms with Crippen LogP contribution in [0.5, 0.6) is 0 Å². The van der Waals surface area contributed by atoms with Gasteiger partial charge in [0.15, 0.2) is 0 Å². The second kappa shape index (κ2) is 5.84. The molecule has 5 nitrogen and oxygen atoms in total. The van der Waals surface area contributed by atoms with E-state index >= 15 is 0 Å². The summed E-state index contributed by atoms with van der Waals surface area (Å²) < 4.78 is 0. The van der Waals surface area contributed by atoms with E-state index in [1.807, 2.05) is 0 Å². The van der Waals surface area contributed by atoms with E-state index in [-0.39, 0.29) is 12.3 Å². The Morgan fingerprint density at radius 3 is 2.69 bits per heavy atom. The molecule has 3 unspecified atom stereocenters. The topological polar surface area (TPSA) is 92.4 Å². The number of rotatable bonds is 5. The summed E-state index contributed by atoms with van der Waals surface area (Å²) in [4.78, 5) is 21.8. The van der Waals surface area contributed by atoms with E-state index in [1.165, 1.54) is 6.42 Å². The highest BCUT2D eigenvalue weighted by Crippen LogP contribution is 2.29. The van der Waals surface area contributed by atoms with E-state index in [0.29, 0.717) is 12.5 Å². The van der Waals surface area contributed by atoms with Gasteiger partial charge in [0, 0.05) is 6.54 Å². The van der Waals surface area contributed by atoms with Gasteiger partial charge in [0.1, 0.15) is 0 Å². The van der Waals surface area contributed by atoms with Crippen LogP contribution < -0.4 is 11.1 Å². The first kappa shape index (κ1) is 13.0. The molecule has 1 saturated carbocycles. The number of carbonyl (C=O) groups excluding carboxylic acids is 1. The lowest BCUT2D eigenvalue weighted by Crippen LogP contribution is -2.43.